The van der Waals surface area contributed by atoms with E-state index in [1.165, 1.54) is 6.92 Å². The first-order valence-corrected chi connectivity index (χ1v) is 10.6. The molecule has 0 bridgehead atoms. The molecule has 0 atom stereocenters. The Balaban J connectivity index is 1.87. The summed E-state index contributed by atoms with van der Waals surface area (Å²) in [6.45, 7) is 1.52. The van der Waals surface area contributed by atoms with Gasteiger partial charge in [0.05, 0.1) is 12.3 Å². The molecule has 0 amide bonds. The smallest absolute Gasteiger partial charge is 0.264 e. The van der Waals surface area contributed by atoms with E-state index in [1.807, 2.05) is 84.9 Å². The van der Waals surface area contributed by atoms with Crippen LogP contribution in [0.2, 0.25) is 0 Å². The molecule has 4 heteroatoms. The van der Waals surface area contributed by atoms with E-state index in [0.29, 0.717) is 0 Å². The third-order valence-electron chi connectivity index (χ3n) is 5.75. The van der Waals surface area contributed by atoms with Gasteiger partial charge in [-0.1, -0.05) is 91.9 Å². The van der Waals surface area contributed by atoms with Gasteiger partial charge < -0.3 is 0 Å². The number of rotatable bonds is 8. The predicted molar refractivity (Wildman–Crippen MR) is 125 cm³/mol. The molecule has 0 aliphatic heterocycles. The fourth-order valence-corrected chi connectivity index (χ4v) is 4.18. The van der Waals surface area contributed by atoms with Crippen LogP contribution >= 0.6 is 0 Å². The van der Waals surface area contributed by atoms with Gasteiger partial charge in [0.2, 0.25) is 11.6 Å². The van der Waals surface area contributed by atoms with E-state index < -0.39 is 35.5 Å². The molecule has 4 rings (SSSR count). The minimum absolute atomic E-state index is 0.0607. The molecule has 0 spiro atoms. The van der Waals surface area contributed by atoms with Gasteiger partial charge in [0.1, 0.15) is 0 Å². The van der Waals surface area contributed by atoms with E-state index in [-0.39, 0.29) is 6.42 Å². The van der Waals surface area contributed by atoms with Crippen molar-refractivity contribution in [2.45, 2.75) is 25.7 Å². The minimum atomic E-state index is -1.10. The molecule has 0 fully saturated rings. The van der Waals surface area contributed by atoms with Crippen LogP contribution in [-0.2, 0) is 19.2 Å². The SMILES string of the molecule is CCC(=O)C(=O)C(=O)CC(=O)C(c1cccc2ccccc12)c1cccc2ccccc12. The van der Waals surface area contributed by atoms with Crippen LogP contribution < -0.4 is 0 Å². The number of Topliss-reactive ketones (excluding diaryl/α,β-unsaturated/α-hetero) is 4. The lowest BCUT2D eigenvalue weighted by Gasteiger charge is -2.20. The molecule has 0 saturated heterocycles. The summed E-state index contributed by atoms with van der Waals surface area (Å²) in [4.78, 5) is 49.8. The van der Waals surface area contributed by atoms with Gasteiger partial charge in [-0.2, -0.15) is 0 Å². The largest absolute Gasteiger partial charge is 0.298 e. The number of hydrogen-bond acceptors (Lipinski definition) is 4. The molecule has 4 nitrogen and oxygen atoms in total. The molecule has 0 aromatic heterocycles. The van der Waals surface area contributed by atoms with Crippen molar-refractivity contribution in [1.82, 2.24) is 0 Å². The number of benzene rings is 4. The Morgan fingerprint density at radius 1 is 0.625 bits per heavy atom. The minimum Gasteiger partial charge on any atom is -0.298 e. The predicted octanol–water partition coefficient (Wildman–Crippen LogP) is 5.20. The van der Waals surface area contributed by atoms with Gasteiger partial charge in [0.15, 0.2) is 5.78 Å². The van der Waals surface area contributed by atoms with Crippen LogP contribution in [0.25, 0.3) is 21.5 Å². The molecule has 0 radical (unpaired) electrons. The lowest BCUT2D eigenvalue weighted by Crippen LogP contribution is -2.27. The molecule has 0 N–H and O–H groups in total. The van der Waals surface area contributed by atoms with Crippen molar-refractivity contribution in [2.24, 2.45) is 0 Å². The summed E-state index contributed by atoms with van der Waals surface area (Å²) in [5, 5.41) is 3.77. The summed E-state index contributed by atoms with van der Waals surface area (Å²) >= 11 is 0. The maximum Gasteiger partial charge on any atom is 0.264 e. The number of fused-ring (bicyclic) bond motifs is 2. The van der Waals surface area contributed by atoms with Crippen molar-refractivity contribution in [3.63, 3.8) is 0 Å². The Hall–Kier alpha value is -3.92. The molecule has 0 aliphatic carbocycles. The highest BCUT2D eigenvalue weighted by atomic mass is 16.2. The Morgan fingerprint density at radius 3 is 1.59 bits per heavy atom. The van der Waals surface area contributed by atoms with Crippen LogP contribution in [0.3, 0.4) is 0 Å². The molecule has 0 heterocycles. The Kier molecular flexibility index (Phi) is 6.04. The van der Waals surface area contributed by atoms with Crippen molar-refractivity contribution in [3.8, 4) is 0 Å². The average molecular weight is 422 g/mol. The monoisotopic (exact) mass is 422 g/mol. The van der Waals surface area contributed by atoms with Crippen LogP contribution in [0.5, 0.6) is 0 Å². The third-order valence-corrected chi connectivity index (χ3v) is 5.75. The quantitative estimate of drug-likeness (QED) is 0.289. The van der Waals surface area contributed by atoms with Crippen LogP contribution in [0.4, 0.5) is 0 Å². The standard InChI is InChI=1S/C28H22O4/c1-2-24(29)28(32)26(31)17-25(30)27(22-15-7-11-18-9-3-5-13-20(18)22)23-16-8-12-19-10-4-6-14-21(19)23/h3-16,27H,2,17H2,1H3. The van der Waals surface area contributed by atoms with E-state index >= 15 is 0 Å². The lowest BCUT2D eigenvalue weighted by molar-refractivity contribution is -0.144. The Bertz CT molecular complexity index is 1280. The molecule has 32 heavy (non-hydrogen) atoms. The second kappa shape index (κ2) is 9.06. The third kappa shape index (κ3) is 4.00. The summed E-state index contributed by atoms with van der Waals surface area (Å²) in [6.07, 6.45) is -0.670. The normalized spacial score (nSPS) is 11.1. The van der Waals surface area contributed by atoms with Gasteiger partial charge >= 0.3 is 0 Å². The van der Waals surface area contributed by atoms with Gasteiger partial charge in [0.25, 0.3) is 5.78 Å². The Morgan fingerprint density at radius 2 is 1.09 bits per heavy atom. The Labute approximate surface area is 185 Å². The first-order chi connectivity index (χ1) is 15.5. The van der Waals surface area contributed by atoms with Crippen molar-refractivity contribution < 1.29 is 19.2 Å². The molecule has 0 saturated carbocycles. The molecular formula is C28H22O4. The second-order valence-corrected chi connectivity index (χ2v) is 7.74. The molecule has 0 aliphatic rings. The molecule has 0 unspecified atom stereocenters. The lowest BCUT2D eigenvalue weighted by atomic mass is 9.81. The number of carbonyl (C=O) groups is 4. The molecule has 4 aromatic rings. The van der Waals surface area contributed by atoms with Crippen molar-refractivity contribution in [1.29, 1.82) is 0 Å². The zero-order valence-corrected chi connectivity index (χ0v) is 17.7. The first-order valence-electron chi connectivity index (χ1n) is 10.6. The van der Waals surface area contributed by atoms with Crippen LogP contribution in [0.15, 0.2) is 84.9 Å². The summed E-state index contributed by atoms with van der Waals surface area (Å²) < 4.78 is 0. The van der Waals surface area contributed by atoms with Gasteiger partial charge in [-0.3, -0.25) is 19.2 Å². The first kappa shape index (κ1) is 21.3. The van der Waals surface area contributed by atoms with E-state index in [0.717, 1.165) is 32.7 Å². The second-order valence-electron chi connectivity index (χ2n) is 7.74. The number of carbonyl (C=O) groups excluding carboxylic acids is 4. The van der Waals surface area contributed by atoms with Crippen molar-refractivity contribution in [3.05, 3.63) is 96.1 Å². The summed E-state index contributed by atoms with van der Waals surface area (Å²) in [5.41, 5.74) is 1.54. The zero-order chi connectivity index (χ0) is 22.7. The summed E-state index contributed by atoms with van der Waals surface area (Å²) in [5.74, 6) is -3.97. The highest BCUT2D eigenvalue weighted by Gasteiger charge is 2.30. The van der Waals surface area contributed by atoms with Crippen LogP contribution in [0, 0.1) is 0 Å². The van der Waals surface area contributed by atoms with Gasteiger partial charge in [-0.25, -0.2) is 0 Å². The van der Waals surface area contributed by atoms with Gasteiger partial charge in [-0.15, -0.1) is 0 Å². The number of hydrogen-bond donors (Lipinski definition) is 0. The fraction of sp³-hybridized carbons (Fsp3) is 0.143. The summed E-state index contributed by atoms with van der Waals surface area (Å²) in [6, 6.07) is 27.0. The van der Waals surface area contributed by atoms with Crippen LogP contribution in [0.1, 0.15) is 36.8 Å². The van der Waals surface area contributed by atoms with E-state index in [1.54, 1.807) is 0 Å². The maximum atomic E-state index is 13.6. The van der Waals surface area contributed by atoms with E-state index in [4.69, 9.17) is 0 Å². The van der Waals surface area contributed by atoms with Gasteiger partial charge in [-0.05, 0) is 32.7 Å². The fourth-order valence-electron chi connectivity index (χ4n) is 4.18. The highest BCUT2D eigenvalue weighted by molar-refractivity contribution is 6.65. The van der Waals surface area contributed by atoms with E-state index in [2.05, 4.69) is 0 Å². The van der Waals surface area contributed by atoms with Crippen molar-refractivity contribution >= 4 is 44.7 Å². The molecule has 4 aromatic carbocycles. The van der Waals surface area contributed by atoms with Gasteiger partial charge in [0, 0.05) is 6.42 Å². The number of ketones is 4. The van der Waals surface area contributed by atoms with Crippen LogP contribution in [-0.4, -0.2) is 23.1 Å². The highest BCUT2D eigenvalue weighted by Crippen LogP contribution is 2.36. The topological polar surface area (TPSA) is 68.3 Å². The van der Waals surface area contributed by atoms with E-state index in [9.17, 15) is 19.2 Å². The zero-order valence-electron chi connectivity index (χ0n) is 17.7. The van der Waals surface area contributed by atoms with Crippen molar-refractivity contribution in [2.75, 3.05) is 0 Å². The molecular weight excluding hydrogens is 400 g/mol. The summed E-state index contributed by atoms with van der Waals surface area (Å²) in [7, 11) is 0. The molecule has 158 valence electrons. The average Bonchev–Trinajstić information content (AvgIpc) is 2.83. The maximum absolute atomic E-state index is 13.6.